The topological polar surface area (TPSA) is 55.8 Å². The van der Waals surface area contributed by atoms with Gasteiger partial charge in [0, 0.05) is 52.0 Å². The van der Waals surface area contributed by atoms with Crippen molar-refractivity contribution < 1.29 is 0 Å². The van der Waals surface area contributed by atoms with Gasteiger partial charge in [0.05, 0.1) is 0 Å². The van der Waals surface area contributed by atoms with E-state index < -0.39 is 0 Å². The Morgan fingerprint density at radius 3 is 2.43 bits per heavy atom. The van der Waals surface area contributed by atoms with Gasteiger partial charge in [-0.3, -0.25) is 4.99 Å². The molecular formula is C22H38N6. The van der Waals surface area contributed by atoms with Crippen LogP contribution in [0, 0.1) is 11.8 Å². The molecule has 2 fully saturated rings. The minimum atomic E-state index is 0.541. The molecule has 6 heteroatoms. The molecule has 0 atom stereocenters. The lowest BCUT2D eigenvalue weighted by Gasteiger charge is -2.33. The summed E-state index contributed by atoms with van der Waals surface area (Å²) in [5.41, 5.74) is 1.18. The van der Waals surface area contributed by atoms with Gasteiger partial charge in [-0.2, -0.15) is 0 Å². The molecule has 2 aliphatic rings. The van der Waals surface area contributed by atoms with E-state index in [0.29, 0.717) is 6.04 Å². The summed E-state index contributed by atoms with van der Waals surface area (Å²) >= 11 is 0. The predicted octanol–water partition coefficient (Wildman–Crippen LogP) is 2.71. The highest BCUT2D eigenvalue weighted by Crippen LogP contribution is 2.29. The van der Waals surface area contributed by atoms with E-state index in [1.165, 1.54) is 31.2 Å². The Bertz CT molecular complexity index is 610. The summed E-state index contributed by atoms with van der Waals surface area (Å²) in [5.74, 6) is 3.68. The third kappa shape index (κ3) is 5.84. The van der Waals surface area contributed by atoms with E-state index in [9.17, 15) is 0 Å². The second kappa shape index (κ2) is 10.1. The van der Waals surface area contributed by atoms with Crippen LogP contribution >= 0.6 is 0 Å². The molecule has 2 N–H and O–H groups in total. The predicted molar refractivity (Wildman–Crippen MR) is 118 cm³/mol. The van der Waals surface area contributed by atoms with Crippen LogP contribution in [-0.2, 0) is 6.54 Å². The molecule has 1 aromatic rings. The molecule has 3 rings (SSSR count). The number of guanidine groups is 1. The van der Waals surface area contributed by atoms with Crippen LogP contribution in [0.4, 0.5) is 5.82 Å². The van der Waals surface area contributed by atoms with E-state index >= 15 is 0 Å². The zero-order valence-corrected chi connectivity index (χ0v) is 18.1. The lowest BCUT2D eigenvalue weighted by Crippen LogP contribution is -2.45. The first-order chi connectivity index (χ1) is 13.5. The number of rotatable bonds is 5. The Morgan fingerprint density at radius 1 is 1.14 bits per heavy atom. The second-order valence-electron chi connectivity index (χ2n) is 8.74. The van der Waals surface area contributed by atoms with Gasteiger partial charge in [0.15, 0.2) is 5.96 Å². The fourth-order valence-electron chi connectivity index (χ4n) is 4.25. The van der Waals surface area contributed by atoms with E-state index in [4.69, 9.17) is 0 Å². The summed E-state index contributed by atoms with van der Waals surface area (Å²) in [7, 11) is 4.03. The first-order valence-electron chi connectivity index (χ1n) is 10.9. The number of piperazine rings is 1. The van der Waals surface area contributed by atoms with Crippen LogP contribution in [0.1, 0.15) is 45.1 Å². The van der Waals surface area contributed by atoms with Gasteiger partial charge in [0.25, 0.3) is 0 Å². The molecule has 156 valence electrons. The number of nitrogens with one attached hydrogen (secondary N) is 2. The van der Waals surface area contributed by atoms with Gasteiger partial charge in [0.2, 0.25) is 0 Å². The van der Waals surface area contributed by atoms with Crippen LogP contribution in [0.25, 0.3) is 0 Å². The van der Waals surface area contributed by atoms with E-state index in [1.807, 2.05) is 13.2 Å². The van der Waals surface area contributed by atoms with Crippen molar-refractivity contribution in [2.75, 3.05) is 45.2 Å². The summed E-state index contributed by atoms with van der Waals surface area (Å²) in [6.07, 6.45) is 7.12. The zero-order valence-electron chi connectivity index (χ0n) is 18.1. The molecule has 0 radical (unpaired) electrons. The zero-order chi connectivity index (χ0) is 19.9. The van der Waals surface area contributed by atoms with E-state index in [1.54, 1.807) is 0 Å². The first kappa shape index (κ1) is 20.9. The fourth-order valence-corrected chi connectivity index (χ4v) is 4.25. The summed E-state index contributed by atoms with van der Waals surface area (Å²) in [5, 5.41) is 7.06. The minimum Gasteiger partial charge on any atom is -0.354 e. The molecule has 1 aromatic heterocycles. The van der Waals surface area contributed by atoms with Gasteiger partial charge in [0.1, 0.15) is 5.82 Å². The van der Waals surface area contributed by atoms with Gasteiger partial charge in [-0.25, -0.2) is 4.98 Å². The molecule has 0 amide bonds. The van der Waals surface area contributed by atoms with Crippen LogP contribution in [0.15, 0.2) is 23.3 Å². The van der Waals surface area contributed by atoms with Gasteiger partial charge < -0.3 is 20.4 Å². The van der Waals surface area contributed by atoms with Crippen LogP contribution in [0.2, 0.25) is 0 Å². The van der Waals surface area contributed by atoms with Gasteiger partial charge in [-0.05, 0) is 56.2 Å². The van der Waals surface area contributed by atoms with Crippen LogP contribution in [-0.4, -0.2) is 62.2 Å². The van der Waals surface area contributed by atoms with E-state index in [0.717, 1.165) is 56.3 Å². The van der Waals surface area contributed by atoms with Crippen molar-refractivity contribution in [3.05, 3.63) is 23.9 Å². The summed E-state index contributed by atoms with van der Waals surface area (Å²) < 4.78 is 0. The number of aromatic nitrogens is 1. The number of likely N-dealkylation sites (N-methyl/N-ethyl adjacent to an activating group) is 1. The van der Waals surface area contributed by atoms with Crippen molar-refractivity contribution in [2.45, 2.75) is 52.1 Å². The molecule has 1 saturated heterocycles. The monoisotopic (exact) mass is 386 g/mol. The Labute approximate surface area is 170 Å². The number of nitrogens with zero attached hydrogens (tertiary/aromatic N) is 4. The first-order valence-corrected chi connectivity index (χ1v) is 10.9. The molecule has 0 aromatic carbocycles. The summed E-state index contributed by atoms with van der Waals surface area (Å²) in [4.78, 5) is 13.8. The van der Waals surface area contributed by atoms with Crippen molar-refractivity contribution in [1.82, 2.24) is 20.5 Å². The van der Waals surface area contributed by atoms with Crippen LogP contribution in [0.5, 0.6) is 0 Å². The maximum absolute atomic E-state index is 4.68. The number of hydrogen-bond donors (Lipinski definition) is 2. The molecule has 0 unspecified atom stereocenters. The van der Waals surface area contributed by atoms with Crippen molar-refractivity contribution in [3.63, 3.8) is 0 Å². The molecule has 0 bridgehead atoms. The SMILES string of the molecule is CN=C(NCc1ccc(N2CCN(C)CC2)nc1)NC1CCC(C(C)C)CC1. The smallest absolute Gasteiger partial charge is 0.191 e. The average Bonchev–Trinajstić information content (AvgIpc) is 2.72. The molecule has 1 aliphatic heterocycles. The van der Waals surface area contributed by atoms with Crippen LogP contribution < -0.4 is 15.5 Å². The maximum atomic E-state index is 4.68. The largest absolute Gasteiger partial charge is 0.354 e. The Hall–Kier alpha value is -1.82. The van der Waals surface area contributed by atoms with Gasteiger partial charge in [-0.15, -0.1) is 0 Å². The Balaban J connectivity index is 1.44. The minimum absolute atomic E-state index is 0.541. The molecular weight excluding hydrogens is 348 g/mol. The number of pyridine rings is 1. The maximum Gasteiger partial charge on any atom is 0.191 e. The van der Waals surface area contributed by atoms with E-state index in [-0.39, 0.29) is 0 Å². The van der Waals surface area contributed by atoms with Crippen molar-refractivity contribution in [3.8, 4) is 0 Å². The Morgan fingerprint density at radius 2 is 1.86 bits per heavy atom. The number of hydrogen-bond acceptors (Lipinski definition) is 4. The molecule has 28 heavy (non-hydrogen) atoms. The van der Waals surface area contributed by atoms with Crippen molar-refractivity contribution in [2.24, 2.45) is 16.8 Å². The molecule has 2 heterocycles. The third-order valence-corrected chi connectivity index (χ3v) is 6.38. The quantitative estimate of drug-likeness (QED) is 0.602. The lowest BCUT2D eigenvalue weighted by atomic mass is 9.80. The molecule has 0 spiro atoms. The van der Waals surface area contributed by atoms with Crippen molar-refractivity contribution in [1.29, 1.82) is 0 Å². The van der Waals surface area contributed by atoms with Gasteiger partial charge >= 0.3 is 0 Å². The standard InChI is InChI=1S/C22H38N6/c1-17(2)19-6-8-20(9-7-19)26-22(23-3)25-16-18-5-10-21(24-15-18)28-13-11-27(4)12-14-28/h5,10,15,17,19-20H,6-9,11-14,16H2,1-4H3,(H2,23,25,26). The van der Waals surface area contributed by atoms with E-state index in [2.05, 4.69) is 63.4 Å². The average molecular weight is 387 g/mol. The van der Waals surface area contributed by atoms with Crippen LogP contribution in [0.3, 0.4) is 0 Å². The number of anilines is 1. The lowest BCUT2D eigenvalue weighted by molar-refractivity contribution is 0.250. The summed E-state index contributed by atoms with van der Waals surface area (Å²) in [6, 6.07) is 4.86. The number of aliphatic imine (C=N–C) groups is 1. The fraction of sp³-hybridized carbons (Fsp3) is 0.727. The second-order valence-corrected chi connectivity index (χ2v) is 8.74. The molecule has 6 nitrogen and oxygen atoms in total. The Kier molecular flexibility index (Phi) is 7.54. The summed E-state index contributed by atoms with van der Waals surface area (Å²) in [6.45, 7) is 9.76. The highest BCUT2D eigenvalue weighted by atomic mass is 15.3. The highest BCUT2D eigenvalue weighted by Gasteiger charge is 2.23. The normalized spacial score (nSPS) is 24.5. The molecule has 1 aliphatic carbocycles. The highest BCUT2D eigenvalue weighted by molar-refractivity contribution is 5.79. The molecule has 1 saturated carbocycles. The van der Waals surface area contributed by atoms with Gasteiger partial charge in [-0.1, -0.05) is 19.9 Å². The van der Waals surface area contributed by atoms with Crippen molar-refractivity contribution >= 4 is 11.8 Å². The third-order valence-electron chi connectivity index (χ3n) is 6.38.